The Hall–Kier alpha value is -1.13. The number of allylic oxidation sites excluding steroid dienone is 3. The van der Waals surface area contributed by atoms with E-state index in [9.17, 15) is 0 Å². The molecule has 0 saturated carbocycles. The van der Waals surface area contributed by atoms with E-state index in [-0.39, 0.29) is 0 Å². The highest BCUT2D eigenvalue weighted by molar-refractivity contribution is 9.09. The third-order valence-electron chi connectivity index (χ3n) is 3.73. The van der Waals surface area contributed by atoms with Crippen LogP contribution in [-0.4, -0.2) is 23.1 Å². The summed E-state index contributed by atoms with van der Waals surface area (Å²) in [5.74, 6) is 0.572. The Morgan fingerprint density at radius 3 is 3.10 bits per heavy atom. The second-order valence-electron chi connectivity index (χ2n) is 5.52. The lowest BCUT2D eigenvalue weighted by Gasteiger charge is -2.34. The first-order chi connectivity index (χ1) is 9.74. The number of anilines is 1. The van der Waals surface area contributed by atoms with E-state index >= 15 is 0 Å². The van der Waals surface area contributed by atoms with Gasteiger partial charge in [0.2, 0.25) is 0 Å². The first-order valence-electron chi connectivity index (χ1n) is 7.03. The monoisotopic (exact) mass is 334 g/mol. The summed E-state index contributed by atoms with van der Waals surface area (Å²) in [6.45, 7) is 3.66. The average Bonchev–Trinajstić information content (AvgIpc) is 2.44. The highest BCUT2D eigenvalue weighted by Crippen LogP contribution is 2.34. The molecule has 0 fully saturated rings. The maximum atomic E-state index is 5.85. The van der Waals surface area contributed by atoms with Gasteiger partial charge in [-0.2, -0.15) is 0 Å². The zero-order valence-corrected chi connectivity index (χ0v) is 13.2. The lowest BCUT2D eigenvalue weighted by Crippen LogP contribution is -2.31. The molecule has 0 amide bonds. The predicted molar refractivity (Wildman–Crippen MR) is 84.8 cm³/mol. The molecule has 1 aliphatic carbocycles. The molecule has 2 unspecified atom stereocenters. The molecule has 4 heteroatoms. The molecule has 0 N–H and O–H groups in total. The molecule has 2 aliphatic rings. The largest absolute Gasteiger partial charge is 0.360 e. The van der Waals surface area contributed by atoms with Crippen molar-refractivity contribution < 1.29 is 4.74 Å². The van der Waals surface area contributed by atoms with Crippen molar-refractivity contribution in [1.29, 1.82) is 0 Å². The van der Waals surface area contributed by atoms with Crippen molar-refractivity contribution in [1.82, 2.24) is 4.98 Å². The highest BCUT2D eigenvalue weighted by atomic mass is 79.9. The van der Waals surface area contributed by atoms with Gasteiger partial charge in [0.15, 0.2) is 0 Å². The summed E-state index contributed by atoms with van der Waals surface area (Å²) >= 11 is 3.71. The number of rotatable bonds is 1. The lowest BCUT2D eigenvalue weighted by molar-refractivity contribution is 0.104. The molecule has 2 atom stereocenters. The van der Waals surface area contributed by atoms with Crippen molar-refractivity contribution in [2.45, 2.75) is 24.6 Å². The molecule has 0 saturated heterocycles. The van der Waals surface area contributed by atoms with Crippen LogP contribution < -0.4 is 4.90 Å². The third kappa shape index (κ3) is 2.96. The fourth-order valence-electron chi connectivity index (χ4n) is 2.81. The van der Waals surface area contributed by atoms with Gasteiger partial charge in [0.05, 0.1) is 18.5 Å². The zero-order chi connectivity index (χ0) is 13.9. The van der Waals surface area contributed by atoms with Crippen LogP contribution in [0.1, 0.15) is 19.8 Å². The summed E-state index contributed by atoms with van der Waals surface area (Å²) in [5, 5.41) is 0. The molecular weight excluding hydrogens is 316 g/mol. The van der Waals surface area contributed by atoms with E-state index in [1.165, 1.54) is 11.3 Å². The van der Waals surface area contributed by atoms with Gasteiger partial charge < -0.3 is 9.64 Å². The van der Waals surface area contributed by atoms with Crippen LogP contribution in [0.2, 0.25) is 0 Å². The highest BCUT2D eigenvalue weighted by Gasteiger charge is 2.24. The summed E-state index contributed by atoms with van der Waals surface area (Å²) in [4.78, 5) is 6.90. The van der Waals surface area contributed by atoms with Gasteiger partial charge in [-0.1, -0.05) is 28.9 Å². The molecule has 1 aliphatic heterocycles. The third-order valence-corrected chi connectivity index (χ3v) is 4.36. The average molecular weight is 335 g/mol. The van der Waals surface area contributed by atoms with Crippen LogP contribution in [0.4, 0.5) is 5.69 Å². The topological polar surface area (TPSA) is 25.4 Å². The van der Waals surface area contributed by atoms with E-state index < -0.39 is 0 Å². The van der Waals surface area contributed by atoms with Crippen molar-refractivity contribution in [2.24, 2.45) is 5.92 Å². The summed E-state index contributed by atoms with van der Waals surface area (Å²) in [6.07, 6.45) is 10.3. The van der Waals surface area contributed by atoms with Crippen LogP contribution >= 0.6 is 15.9 Å². The minimum atomic E-state index is 0.449. The predicted octanol–water partition coefficient (Wildman–Crippen LogP) is 3.88. The van der Waals surface area contributed by atoms with Crippen molar-refractivity contribution in [3.05, 3.63) is 47.9 Å². The van der Waals surface area contributed by atoms with Crippen LogP contribution in [0, 0.1) is 5.92 Å². The van der Waals surface area contributed by atoms with E-state index in [1.807, 2.05) is 12.3 Å². The maximum absolute atomic E-state index is 5.85. The van der Waals surface area contributed by atoms with E-state index in [2.05, 4.69) is 51.0 Å². The smallest absolute Gasteiger partial charge is 0.123 e. The molecule has 3 nitrogen and oxygen atoms in total. The number of halogens is 1. The molecule has 1 aromatic rings. The summed E-state index contributed by atoms with van der Waals surface area (Å²) < 4.78 is 5.85. The summed E-state index contributed by atoms with van der Waals surface area (Å²) in [6, 6.07) is 4.05. The molecule has 20 heavy (non-hydrogen) atoms. The number of nitrogens with zero attached hydrogens (tertiary/aromatic N) is 2. The number of hydrogen-bond donors (Lipinski definition) is 0. The van der Waals surface area contributed by atoms with Gasteiger partial charge in [0, 0.05) is 16.7 Å². The van der Waals surface area contributed by atoms with Crippen molar-refractivity contribution in [2.75, 3.05) is 18.2 Å². The Balaban J connectivity index is 1.99. The molecular formula is C16H19BrN2O. The molecule has 106 valence electrons. The van der Waals surface area contributed by atoms with Crippen LogP contribution in [0.3, 0.4) is 0 Å². The Bertz CT molecular complexity index is 527. The van der Waals surface area contributed by atoms with Crippen molar-refractivity contribution in [3.63, 3.8) is 0 Å². The van der Waals surface area contributed by atoms with Crippen LogP contribution in [-0.2, 0) is 4.74 Å². The minimum Gasteiger partial charge on any atom is -0.360 e. The molecule has 0 spiro atoms. The van der Waals surface area contributed by atoms with E-state index in [0.717, 1.165) is 25.1 Å². The molecule has 1 aromatic heterocycles. The fraction of sp³-hybridized carbons (Fsp3) is 0.438. The van der Waals surface area contributed by atoms with E-state index in [0.29, 0.717) is 17.5 Å². The molecule has 2 heterocycles. The Morgan fingerprint density at radius 1 is 1.40 bits per heavy atom. The lowest BCUT2D eigenvalue weighted by atomic mass is 9.92. The van der Waals surface area contributed by atoms with Gasteiger partial charge >= 0.3 is 0 Å². The van der Waals surface area contributed by atoms with Gasteiger partial charge in [0.1, 0.15) is 6.73 Å². The standard InChI is InChI=1S/C16H19BrN2O/c1-12-7-13-8-14(17)4-5-16(13)19(11-20-10-12)15-3-2-6-18-9-15/h2-6,9,12,14H,7-8,10-11H2,1H3. The second-order valence-corrected chi connectivity index (χ2v) is 6.69. The molecule has 0 radical (unpaired) electrons. The Labute approximate surface area is 128 Å². The summed E-state index contributed by atoms with van der Waals surface area (Å²) in [5.41, 5.74) is 3.88. The van der Waals surface area contributed by atoms with Gasteiger partial charge in [-0.05, 0) is 42.5 Å². The minimum absolute atomic E-state index is 0.449. The van der Waals surface area contributed by atoms with E-state index in [1.54, 1.807) is 6.20 Å². The number of hydrogen-bond acceptors (Lipinski definition) is 3. The number of ether oxygens (including phenoxy) is 1. The van der Waals surface area contributed by atoms with Gasteiger partial charge in [-0.15, -0.1) is 0 Å². The van der Waals surface area contributed by atoms with Crippen LogP contribution in [0.5, 0.6) is 0 Å². The number of pyridine rings is 1. The molecule has 0 aromatic carbocycles. The van der Waals surface area contributed by atoms with Crippen molar-refractivity contribution >= 4 is 21.6 Å². The SMILES string of the molecule is CC1COCN(c2cccnc2)C2=C(CC(Br)C=C2)C1. The maximum Gasteiger partial charge on any atom is 0.123 e. The Morgan fingerprint density at radius 2 is 2.30 bits per heavy atom. The zero-order valence-electron chi connectivity index (χ0n) is 11.6. The first kappa shape index (κ1) is 13.8. The quantitative estimate of drug-likeness (QED) is 0.729. The van der Waals surface area contributed by atoms with Gasteiger partial charge in [-0.3, -0.25) is 4.98 Å². The number of aromatic nitrogens is 1. The number of alkyl halides is 1. The molecule has 3 rings (SSSR count). The fourth-order valence-corrected chi connectivity index (χ4v) is 3.35. The Kier molecular flexibility index (Phi) is 4.22. The van der Waals surface area contributed by atoms with Gasteiger partial charge in [-0.25, -0.2) is 0 Å². The molecule has 0 bridgehead atoms. The summed E-state index contributed by atoms with van der Waals surface area (Å²) in [7, 11) is 0. The van der Waals surface area contributed by atoms with Gasteiger partial charge in [0.25, 0.3) is 0 Å². The van der Waals surface area contributed by atoms with E-state index in [4.69, 9.17) is 4.74 Å². The van der Waals surface area contributed by atoms with Crippen LogP contribution in [0.25, 0.3) is 0 Å². The first-order valence-corrected chi connectivity index (χ1v) is 7.95. The van der Waals surface area contributed by atoms with Crippen LogP contribution in [0.15, 0.2) is 47.9 Å². The second kappa shape index (κ2) is 6.10. The normalized spacial score (nSPS) is 27.0. The van der Waals surface area contributed by atoms with Crippen molar-refractivity contribution in [3.8, 4) is 0 Å².